The van der Waals surface area contributed by atoms with Crippen LogP contribution < -0.4 is 0 Å². The van der Waals surface area contributed by atoms with Gasteiger partial charge < -0.3 is 10.2 Å². The molecule has 0 saturated heterocycles. The van der Waals surface area contributed by atoms with Crippen LogP contribution in [0.15, 0.2) is 0 Å². The lowest BCUT2D eigenvalue weighted by Gasteiger charge is -2.49. The normalized spacial score (nSPS) is 49.2. The summed E-state index contributed by atoms with van der Waals surface area (Å²) in [5, 5.41) is 18.8. The zero-order chi connectivity index (χ0) is 9.64. The van der Waals surface area contributed by atoms with Crippen LogP contribution in [0.25, 0.3) is 0 Å². The van der Waals surface area contributed by atoms with E-state index in [0.29, 0.717) is 5.92 Å². The van der Waals surface area contributed by atoms with Crippen LogP contribution in [0.4, 0.5) is 0 Å². The molecule has 0 radical (unpaired) electrons. The highest BCUT2D eigenvalue weighted by molar-refractivity contribution is 5.75. The maximum Gasteiger partial charge on any atom is 0.309 e. The summed E-state index contributed by atoms with van der Waals surface area (Å²) in [5.74, 6) is -0.322. The molecular formula is C10H16O3. The number of carbonyl (C=O) groups is 1. The van der Waals surface area contributed by atoms with Gasteiger partial charge >= 0.3 is 5.97 Å². The predicted molar refractivity (Wildman–Crippen MR) is 47.2 cm³/mol. The predicted octanol–water partition coefficient (Wildman–Crippen LogP) is 1.26. The highest BCUT2D eigenvalue weighted by Gasteiger charge is 2.53. The van der Waals surface area contributed by atoms with Crippen molar-refractivity contribution in [2.24, 2.45) is 17.3 Å². The Labute approximate surface area is 77.8 Å². The van der Waals surface area contributed by atoms with Crippen molar-refractivity contribution < 1.29 is 15.0 Å². The van der Waals surface area contributed by atoms with Gasteiger partial charge in [0.05, 0.1) is 11.5 Å². The lowest BCUT2D eigenvalue weighted by Crippen LogP contribution is -2.51. The number of carboxylic acid groups (broad SMARTS) is 1. The van der Waals surface area contributed by atoms with Gasteiger partial charge in [-0.05, 0) is 38.5 Å². The first-order valence-corrected chi connectivity index (χ1v) is 4.95. The average Bonchev–Trinajstić information content (AvgIpc) is 2.03. The van der Waals surface area contributed by atoms with Crippen molar-refractivity contribution in [3.8, 4) is 0 Å². The van der Waals surface area contributed by atoms with E-state index in [1.807, 2.05) is 0 Å². The van der Waals surface area contributed by atoms with Gasteiger partial charge in [0.2, 0.25) is 0 Å². The molecule has 3 aliphatic carbocycles. The van der Waals surface area contributed by atoms with Crippen molar-refractivity contribution >= 4 is 5.97 Å². The standard InChI is InChI=1S/C10H16O3/c1-10(9(12)13)5-6-2-3-7(10)8(11)4-6/h6-8,11H,2-5H2,1H3,(H,12,13)/t6-,7+,8-,10+/m1/s1. The quantitative estimate of drug-likeness (QED) is 0.645. The minimum Gasteiger partial charge on any atom is -0.481 e. The summed E-state index contributed by atoms with van der Waals surface area (Å²) in [6.07, 6.45) is 3.17. The molecule has 0 heterocycles. The topological polar surface area (TPSA) is 57.5 Å². The zero-order valence-corrected chi connectivity index (χ0v) is 7.86. The van der Waals surface area contributed by atoms with Gasteiger partial charge in [-0.1, -0.05) is 0 Å². The van der Waals surface area contributed by atoms with E-state index >= 15 is 0 Å². The molecule has 13 heavy (non-hydrogen) atoms. The van der Waals surface area contributed by atoms with Crippen LogP contribution >= 0.6 is 0 Å². The van der Waals surface area contributed by atoms with E-state index in [1.165, 1.54) is 0 Å². The van der Waals surface area contributed by atoms with E-state index < -0.39 is 11.4 Å². The van der Waals surface area contributed by atoms with Crippen molar-refractivity contribution in [3.05, 3.63) is 0 Å². The maximum absolute atomic E-state index is 11.1. The molecule has 0 aromatic rings. The van der Waals surface area contributed by atoms with E-state index in [-0.39, 0.29) is 12.0 Å². The molecule has 4 atom stereocenters. The van der Waals surface area contributed by atoms with Crippen LogP contribution in [-0.4, -0.2) is 22.3 Å². The number of fused-ring (bicyclic) bond motifs is 3. The molecule has 0 aliphatic heterocycles. The Hall–Kier alpha value is -0.570. The fourth-order valence-corrected chi connectivity index (χ4v) is 3.16. The second kappa shape index (κ2) is 2.71. The number of hydrogen-bond acceptors (Lipinski definition) is 2. The van der Waals surface area contributed by atoms with Crippen molar-refractivity contribution in [2.45, 2.75) is 38.7 Å². The number of aliphatic hydroxyl groups is 1. The van der Waals surface area contributed by atoms with Crippen LogP contribution in [0.1, 0.15) is 32.6 Å². The summed E-state index contributed by atoms with van der Waals surface area (Å²) in [6, 6.07) is 0. The van der Waals surface area contributed by atoms with Crippen LogP contribution in [0.2, 0.25) is 0 Å². The van der Waals surface area contributed by atoms with Gasteiger partial charge in [-0.15, -0.1) is 0 Å². The summed E-state index contributed by atoms with van der Waals surface area (Å²) in [7, 11) is 0. The molecule has 0 aromatic carbocycles. The Morgan fingerprint density at radius 1 is 1.46 bits per heavy atom. The molecule has 3 fully saturated rings. The molecule has 0 spiro atoms. The lowest BCUT2D eigenvalue weighted by atomic mass is 9.55. The van der Waals surface area contributed by atoms with Gasteiger partial charge in [-0.2, -0.15) is 0 Å². The van der Waals surface area contributed by atoms with E-state index in [9.17, 15) is 9.90 Å². The fraction of sp³-hybridized carbons (Fsp3) is 0.900. The van der Waals surface area contributed by atoms with Gasteiger partial charge in [-0.3, -0.25) is 4.79 Å². The Bertz CT molecular complexity index is 238. The van der Waals surface area contributed by atoms with Gasteiger partial charge in [-0.25, -0.2) is 0 Å². The second-order valence-corrected chi connectivity index (χ2v) is 4.78. The maximum atomic E-state index is 11.1. The molecule has 3 heteroatoms. The summed E-state index contributed by atoms with van der Waals surface area (Å²) in [6.45, 7) is 1.79. The third-order valence-electron chi connectivity index (χ3n) is 3.94. The van der Waals surface area contributed by atoms with Gasteiger partial charge in [0.1, 0.15) is 0 Å². The lowest BCUT2D eigenvalue weighted by molar-refractivity contribution is -0.167. The minimum atomic E-state index is -0.735. The SMILES string of the molecule is C[C@]1(C(=O)O)C[C@@H]2CC[C@H]1[C@H](O)C2. The van der Waals surface area contributed by atoms with Crippen LogP contribution in [0.3, 0.4) is 0 Å². The van der Waals surface area contributed by atoms with Gasteiger partial charge in [0.25, 0.3) is 0 Å². The summed E-state index contributed by atoms with van der Waals surface area (Å²) in [5.41, 5.74) is -0.666. The number of hydrogen-bond donors (Lipinski definition) is 2. The number of carboxylic acids is 1. The molecule has 3 rings (SSSR count). The van der Waals surface area contributed by atoms with Crippen molar-refractivity contribution in [1.29, 1.82) is 0 Å². The molecule has 2 N–H and O–H groups in total. The van der Waals surface area contributed by atoms with Crippen LogP contribution in [0.5, 0.6) is 0 Å². The molecule has 0 aromatic heterocycles. The first kappa shape index (κ1) is 9.00. The fourth-order valence-electron chi connectivity index (χ4n) is 3.16. The summed E-state index contributed by atoms with van der Waals surface area (Å²) in [4.78, 5) is 11.1. The highest BCUT2D eigenvalue weighted by atomic mass is 16.4. The molecule has 0 unspecified atom stereocenters. The van der Waals surface area contributed by atoms with Gasteiger partial charge in [0.15, 0.2) is 0 Å². The summed E-state index contributed by atoms with van der Waals surface area (Å²) >= 11 is 0. The molecule has 2 bridgehead atoms. The van der Waals surface area contributed by atoms with Gasteiger partial charge in [0, 0.05) is 5.92 Å². The molecular weight excluding hydrogens is 168 g/mol. The Morgan fingerprint density at radius 2 is 2.15 bits per heavy atom. The molecule has 3 nitrogen and oxygen atoms in total. The van der Waals surface area contributed by atoms with E-state index in [4.69, 9.17) is 5.11 Å². The monoisotopic (exact) mass is 184 g/mol. The molecule has 74 valence electrons. The first-order chi connectivity index (χ1) is 6.04. The zero-order valence-electron chi connectivity index (χ0n) is 7.86. The highest BCUT2D eigenvalue weighted by Crippen LogP contribution is 2.52. The Morgan fingerprint density at radius 3 is 2.54 bits per heavy atom. The van der Waals surface area contributed by atoms with E-state index in [0.717, 1.165) is 25.7 Å². The smallest absolute Gasteiger partial charge is 0.309 e. The second-order valence-electron chi connectivity index (χ2n) is 4.78. The van der Waals surface area contributed by atoms with Crippen molar-refractivity contribution in [2.75, 3.05) is 0 Å². The van der Waals surface area contributed by atoms with E-state index in [1.54, 1.807) is 6.92 Å². The number of rotatable bonds is 1. The number of aliphatic carboxylic acids is 1. The molecule has 3 aliphatic rings. The third kappa shape index (κ3) is 1.17. The van der Waals surface area contributed by atoms with Crippen LogP contribution in [-0.2, 0) is 4.79 Å². The Balaban J connectivity index is 2.27. The first-order valence-electron chi connectivity index (χ1n) is 4.95. The molecule has 3 saturated carbocycles. The van der Waals surface area contributed by atoms with Crippen molar-refractivity contribution in [1.82, 2.24) is 0 Å². The minimum absolute atomic E-state index is 0.0185. The number of aliphatic hydroxyl groups excluding tert-OH is 1. The van der Waals surface area contributed by atoms with Crippen molar-refractivity contribution in [3.63, 3.8) is 0 Å². The molecule has 0 amide bonds. The Kier molecular flexibility index (Phi) is 1.88. The largest absolute Gasteiger partial charge is 0.481 e. The third-order valence-corrected chi connectivity index (χ3v) is 3.94. The average molecular weight is 184 g/mol. The van der Waals surface area contributed by atoms with Crippen LogP contribution in [0, 0.1) is 17.3 Å². The summed E-state index contributed by atoms with van der Waals surface area (Å²) < 4.78 is 0. The van der Waals surface area contributed by atoms with E-state index in [2.05, 4.69) is 0 Å².